The summed E-state index contributed by atoms with van der Waals surface area (Å²) < 4.78 is 16.9. The predicted molar refractivity (Wildman–Crippen MR) is 104 cm³/mol. The van der Waals surface area contributed by atoms with Crippen LogP contribution in [-0.4, -0.2) is 78.3 Å². The van der Waals surface area contributed by atoms with Crippen molar-refractivity contribution >= 4 is 5.78 Å². The van der Waals surface area contributed by atoms with E-state index in [1.807, 2.05) is 0 Å². The molecule has 2 aromatic rings. The summed E-state index contributed by atoms with van der Waals surface area (Å²) in [5.41, 5.74) is -0.1000. The summed E-state index contributed by atoms with van der Waals surface area (Å²) in [6.07, 6.45) is -10.0. The number of hydrogen-bond donors (Lipinski definition) is 7. The molecule has 7 N–H and O–H groups in total. The van der Waals surface area contributed by atoms with E-state index in [4.69, 9.17) is 14.2 Å². The molecule has 11 nitrogen and oxygen atoms in total. The van der Waals surface area contributed by atoms with Gasteiger partial charge in [-0.05, 0) is 24.6 Å². The van der Waals surface area contributed by atoms with Crippen LogP contribution in [0.4, 0.5) is 0 Å². The summed E-state index contributed by atoms with van der Waals surface area (Å²) in [6, 6.07) is 5.72. The predicted octanol–water partition coefficient (Wildman–Crippen LogP) is 0.0381. The first-order valence-electron chi connectivity index (χ1n) is 9.72. The molecule has 0 radical (unpaired) electrons. The van der Waals surface area contributed by atoms with Crippen molar-refractivity contribution in [3.8, 4) is 28.7 Å². The Morgan fingerprint density at radius 1 is 0.875 bits per heavy atom. The number of phenolic OH excluding ortho intramolecular Hbond substituents is 4. The molecule has 1 saturated heterocycles. The smallest absolute Gasteiger partial charge is 0.203 e. The monoisotopic (exact) mass is 450 g/mol. The van der Waals surface area contributed by atoms with E-state index in [9.17, 15) is 40.5 Å². The van der Waals surface area contributed by atoms with Crippen molar-refractivity contribution in [2.75, 3.05) is 0 Å². The normalized spacial score (nSPS) is 32.2. The van der Waals surface area contributed by atoms with Crippen LogP contribution >= 0.6 is 0 Å². The van der Waals surface area contributed by atoms with Crippen molar-refractivity contribution in [1.82, 2.24) is 0 Å². The SMILES string of the molecule is C[C@H]1O[C@H](O[C@@H]2C(=O)c3c(O)cc(O)cc3O[C@H]2c2ccc(O)c(O)c2)[C@@H](O)[C@@H](O)[C@@H]1O. The van der Waals surface area contributed by atoms with Gasteiger partial charge in [-0.2, -0.15) is 0 Å². The molecule has 4 rings (SSSR count). The summed E-state index contributed by atoms with van der Waals surface area (Å²) in [7, 11) is 0. The maximum Gasteiger partial charge on any atom is 0.203 e. The second-order valence-corrected chi connectivity index (χ2v) is 7.73. The Bertz CT molecular complexity index is 1040. The van der Waals surface area contributed by atoms with Crippen molar-refractivity contribution in [2.45, 2.75) is 49.8 Å². The van der Waals surface area contributed by atoms with Gasteiger partial charge in [0.25, 0.3) is 0 Å². The minimum atomic E-state index is -1.71. The summed E-state index contributed by atoms with van der Waals surface area (Å²) >= 11 is 0. The fourth-order valence-electron chi connectivity index (χ4n) is 3.77. The molecule has 172 valence electrons. The average Bonchev–Trinajstić information content (AvgIpc) is 2.73. The van der Waals surface area contributed by atoms with Crippen LogP contribution in [0.5, 0.6) is 28.7 Å². The van der Waals surface area contributed by atoms with Gasteiger partial charge in [0, 0.05) is 12.1 Å². The van der Waals surface area contributed by atoms with Crippen LogP contribution in [0, 0.1) is 0 Å². The lowest BCUT2D eigenvalue weighted by Gasteiger charge is -2.42. The number of Topliss-reactive ketones (excluding diaryl/α,β-unsaturated/α-hetero) is 1. The Labute approximate surface area is 181 Å². The molecular weight excluding hydrogens is 428 g/mol. The van der Waals surface area contributed by atoms with Crippen LogP contribution < -0.4 is 4.74 Å². The molecule has 2 aliphatic heterocycles. The number of carbonyl (C=O) groups is 1. The van der Waals surface area contributed by atoms with Gasteiger partial charge in [0.1, 0.15) is 41.1 Å². The highest BCUT2D eigenvalue weighted by Crippen LogP contribution is 2.44. The minimum Gasteiger partial charge on any atom is -0.508 e. The number of aliphatic hydroxyl groups excluding tert-OH is 3. The van der Waals surface area contributed by atoms with Gasteiger partial charge in [-0.15, -0.1) is 0 Å². The lowest BCUT2D eigenvalue weighted by molar-refractivity contribution is -0.304. The highest BCUT2D eigenvalue weighted by Gasteiger charge is 2.48. The molecule has 0 bridgehead atoms. The Hall–Kier alpha value is -3.09. The van der Waals surface area contributed by atoms with Gasteiger partial charge in [0.15, 0.2) is 30.0 Å². The summed E-state index contributed by atoms with van der Waals surface area (Å²) in [5, 5.41) is 69.7. The topological polar surface area (TPSA) is 186 Å². The zero-order valence-corrected chi connectivity index (χ0v) is 16.7. The lowest BCUT2D eigenvalue weighted by atomic mass is 9.92. The first kappa shape index (κ1) is 22.1. The van der Waals surface area contributed by atoms with Crippen LogP contribution in [0.2, 0.25) is 0 Å². The molecule has 0 aliphatic carbocycles. The summed E-state index contributed by atoms with van der Waals surface area (Å²) in [4.78, 5) is 13.3. The number of fused-ring (bicyclic) bond motifs is 1. The number of benzene rings is 2. The number of ketones is 1. The number of ether oxygens (including phenoxy) is 3. The van der Waals surface area contributed by atoms with Gasteiger partial charge in [0.05, 0.1) is 6.10 Å². The first-order valence-corrected chi connectivity index (χ1v) is 9.72. The molecule has 2 aliphatic rings. The number of aromatic hydroxyl groups is 4. The van der Waals surface area contributed by atoms with Crippen molar-refractivity contribution in [3.63, 3.8) is 0 Å². The van der Waals surface area contributed by atoms with Crippen LogP contribution in [0.15, 0.2) is 30.3 Å². The number of phenols is 4. The quantitative estimate of drug-likeness (QED) is 0.313. The zero-order chi connectivity index (χ0) is 23.3. The van der Waals surface area contributed by atoms with E-state index in [0.717, 1.165) is 18.2 Å². The molecule has 0 unspecified atom stereocenters. The number of rotatable bonds is 3. The molecule has 32 heavy (non-hydrogen) atoms. The first-order chi connectivity index (χ1) is 15.1. The fraction of sp³-hybridized carbons (Fsp3) is 0.381. The molecule has 2 aromatic carbocycles. The zero-order valence-electron chi connectivity index (χ0n) is 16.7. The molecule has 2 heterocycles. The maximum absolute atomic E-state index is 13.3. The lowest BCUT2D eigenvalue weighted by Crippen LogP contribution is -2.59. The largest absolute Gasteiger partial charge is 0.508 e. The molecule has 0 saturated carbocycles. The van der Waals surface area contributed by atoms with Gasteiger partial charge in [0.2, 0.25) is 5.78 Å². The molecule has 0 aromatic heterocycles. The number of aliphatic hydroxyl groups is 3. The van der Waals surface area contributed by atoms with Crippen molar-refractivity contribution in [2.24, 2.45) is 0 Å². The molecule has 0 amide bonds. The Morgan fingerprint density at radius 3 is 2.28 bits per heavy atom. The van der Waals surface area contributed by atoms with E-state index >= 15 is 0 Å². The Kier molecular flexibility index (Phi) is 5.61. The Morgan fingerprint density at radius 2 is 1.59 bits per heavy atom. The van der Waals surface area contributed by atoms with Gasteiger partial charge >= 0.3 is 0 Å². The van der Waals surface area contributed by atoms with Crippen molar-refractivity contribution < 1.29 is 54.8 Å². The minimum absolute atomic E-state index is 0.154. The van der Waals surface area contributed by atoms with Crippen LogP contribution in [-0.2, 0) is 9.47 Å². The van der Waals surface area contributed by atoms with Crippen molar-refractivity contribution in [3.05, 3.63) is 41.5 Å². The van der Waals surface area contributed by atoms with E-state index in [-0.39, 0.29) is 22.6 Å². The van der Waals surface area contributed by atoms with E-state index in [1.165, 1.54) is 19.1 Å². The van der Waals surface area contributed by atoms with E-state index in [2.05, 4.69) is 0 Å². The van der Waals surface area contributed by atoms with E-state index in [0.29, 0.717) is 0 Å². The fourth-order valence-corrected chi connectivity index (χ4v) is 3.77. The van der Waals surface area contributed by atoms with Crippen LogP contribution in [0.1, 0.15) is 28.9 Å². The van der Waals surface area contributed by atoms with Crippen LogP contribution in [0.3, 0.4) is 0 Å². The standard InChI is InChI=1S/C21H22O11/c1-7-15(26)17(28)18(29)21(30-7)32-20-16(27)14-12(25)5-9(22)6-13(14)31-19(20)8-2-3-10(23)11(24)4-8/h2-7,15,17-26,28-29H,1H3/t7-,15-,17+,18+,19+,20-,21-/m1/s1. The summed E-state index contributed by atoms with van der Waals surface area (Å²) in [6.45, 7) is 1.44. The third kappa shape index (κ3) is 3.70. The number of carbonyl (C=O) groups excluding carboxylic acids is 1. The molecular formula is C21H22O11. The third-order valence-corrected chi connectivity index (χ3v) is 5.52. The second kappa shape index (κ2) is 8.11. The van der Waals surface area contributed by atoms with Gasteiger partial charge in [-0.25, -0.2) is 0 Å². The number of hydrogen-bond acceptors (Lipinski definition) is 11. The molecule has 11 heteroatoms. The average molecular weight is 450 g/mol. The van der Waals surface area contributed by atoms with Crippen molar-refractivity contribution in [1.29, 1.82) is 0 Å². The van der Waals surface area contributed by atoms with Gasteiger partial charge in [-0.3, -0.25) is 4.79 Å². The molecule has 0 spiro atoms. The van der Waals surface area contributed by atoms with Gasteiger partial charge < -0.3 is 50.0 Å². The maximum atomic E-state index is 13.3. The van der Waals surface area contributed by atoms with E-state index in [1.54, 1.807) is 0 Å². The highest BCUT2D eigenvalue weighted by atomic mass is 16.7. The third-order valence-electron chi connectivity index (χ3n) is 5.52. The highest BCUT2D eigenvalue weighted by molar-refractivity contribution is 6.05. The second-order valence-electron chi connectivity index (χ2n) is 7.73. The molecule has 7 atom stereocenters. The Balaban J connectivity index is 1.75. The molecule has 1 fully saturated rings. The van der Waals surface area contributed by atoms with Gasteiger partial charge in [-0.1, -0.05) is 6.07 Å². The van der Waals surface area contributed by atoms with Crippen LogP contribution in [0.25, 0.3) is 0 Å². The summed E-state index contributed by atoms with van der Waals surface area (Å²) in [5.74, 6) is -2.79. The van der Waals surface area contributed by atoms with E-state index < -0.39 is 65.9 Å².